The zero-order chi connectivity index (χ0) is 15.1. The summed E-state index contributed by atoms with van der Waals surface area (Å²) < 4.78 is 29.9. The molecule has 0 spiro atoms. The number of benzene rings is 1. The van der Waals surface area contributed by atoms with Crippen molar-refractivity contribution in [2.45, 2.75) is 13.0 Å². The van der Waals surface area contributed by atoms with Crippen LogP contribution in [0.25, 0.3) is 0 Å². The summed E-state index contributed by atoms with van der Waals surface area (Å²) in [4.78, 5) is 24.6. The van der Waals surface area contributed by atoms with Crippen molar-refractivity contribution in [2.75, 3.05) is 20.6 Å². The molecule has 20 heavy (non-hydrogen) atoms. The van der Waals surface area contributed by atoms with Crippen molar-refractivity contribution in [3.05, 3.63) is 35.9 Å². The monoisotopic (exact) mass is 285 g/mol. The van der Waals surface area contributed by atoms with Crippen molar-refractivity contribution in [2.24, 2.45) is 5.92 Å². The van der Waals surface area contributed by atoms with Crippen LogP contribution < -0.4 is 0 Å². The molecule has 0 saturated carbocycles. The molecule has 0 N–H and O–H groups in total. The molecule has 0 amide bonds. The normalized spacial score (nSPS) is 12.5. The number of hydrogen-bond donors (Lipinski definition) is 0. The fourth-order valence-corrected chi connectivity index (χ4v) is 1.63. The Morgan fingerprint density at radius 1 is 1.20 bits per heavy atom. The van der Waals surface area contributed by atoms with E-state index in [1.54, 1.807) is 44.4 Å². The molecule has 0 saturated heterocycles. The number of esters is 1. The third kappa shape index (κ3) is 5.05. The quantitative estimate of drug-likeness (QED) is 0.565. The lowest BCUT2D eigenvalue weighted by molar-refractivity contribution is -0.157. The van der Waals surface area contributed by atoms with Gasteiger partial charge in [-0.2, -0.15) is 0 Å². The lowest BCUT2D eigenvalue weighted by Crippen LogP contribution is -2.38. The number of rotatable bonds is 7. The Kier molecular flexibility index (Phi) is 6.24. The number of Topliss-reactive ketones (excluding diaryl/α,β-unsaturated/α-hetero) is 1. The standard InChI is InChI=1S/C14H17F2NO3/c1-17(2)8-11(12(18)13(15)16)14(19)20-9-10-6-4-3-5-7-10/h3-7,11,13H,8-9H2,1-2H3. The summed E-state index contributed by atoms with van der Waals surface area (Å²) in [5.74, 6) is -3.79. The average molecular weight is 285 g/mol. The largest absolute Gasteiger partial charge is 0.460 e. The molecule has 1 unspecified atom stereocenters. The van der Waals surface area contributed by atoms with Crippen LogP contribution in [0.2, 0.25) is 0 Å². The third-order valence-electron chi connectivity index (χ3n) is 2.61. The molecule has 6 heteroatoms. The Bertz CT molecular complexity index is 449. The van der Waals surface area contributed by atoms with Gasteiger partial charge in [0.1, 0.15) is 12.5 Å². The second kappa shape index (κ2) is 7.69. The van der Waals surface area contributed by atoms with Gasteiger partial charge in [0.25, 0.3) is 6.43 Å². The Balaban J connectivity index is 2.66. The summed E-state index contributed by atoms with van der Waals surface area (Å²) in [6.45, 7) is -0.142. The number of alkyl halides is 2. The molecule has 0 aromatic heterocycles. The number of carbonyl (C=O) groups excluding carboxylic acids is 2. The van der Waals surface area contributed by atoms with E-state index >= 15 is 0 Å². The van der Waals surface area contributed by atoms with Crippen LogP contribution in [0.15, 0.2) is 30.3 Å². The highest BCUT2D eigenvalue weighted by atomic mass is 19.3. The molecular formula is C14H17F2NO3. The molecule has 1 atom stereocenters. The summed E-state index contributed by atoms with van der Waals surface area (Å²) in [5, 5.41) is 0. The van der Waals surface area contributed by atoms with E-state index in [0.717, 1.165) is 5.56 Å². The minimum Gasteiger partial charge on any atom is -0.460 e. The molecule has 0 radical (unpaired) electrons. The molecule has 0 bridgehead atoms. The van der Waals surface area contributed by atoms with Crippen molar-refractivity contribution >= 4 is 11.8 Å². The van der Waals surface area contributed by atoms with Crippen LogP contribution in [-0.4, -0.2) is 43.7 Å². The molecule has 1 aromatic rings. The summed E-state index contributed by atoms with van der Waals surface area (Å²) in [6, 6.07) is 8.82. The molecule has 0 heterocycles. The van der Waals surface area contributed by atoms with E-state index in [1.165, 1.54) is 4.90 Å². The van der Waals surface area contributed by atoms with Gasteiger partial charge in [-0.1, -0.05) is 30.3 Å². The number of nitrogens with zero attached hydrogens (tertiary/aromatic N) is 1. The van der Waals surface area contributed by atoms with Crippen molar-refractivity contribution in [1.82, 2.24) is 4.90 Å². The Morgan fingerprint density at radius 3 is 2.30 bits per heavy atom. The van der Waals surface area contributed by atoms with Crippen molar-refractivity contribution in [3.63, 3.8) is 0 Å². The minimum atomic E-state index is -3.18. The number of hydrogen-bond acceptors (Lipinski definition) is 4. The zero-order valence-corrected chi connectivity index (χ0v) is 11.4. The summed E-state index contributed by atoms with van der Waals surface area (Å²) in [6.07, 6.45) is -3.18. The highest BCUT2D eigenvalue weighted by Crippen LogP contribution is 2.11. The summed E-state index contributed by atoms with van der Waals surface area (Å²) >= 11 is 0. The Labute approximate surface area is 116 Å². The lowest BCUT2D eigenvalue weighted by atomic mass is 10.0. The summed E-state index contributed by atoms with van der Waals surface area (Å²) in [7, 11) is 3.19. The van der Waals surface area contributed by atoms with E-state index < -0.39 is 24.1 Å². The SMILES string of the molecule is CN(C)CC(C(=O)OCc1ccccc1)C(=O)C(F)F. The first-order valence-electron chi connectivity index (χ1n) is 6.09. The van der Waals surface area contributed by atoms with E-state index in [0.29, 0.717) is 0 Å². The Morgan fingerprint density at radius 2 is 1.80 bits per heavy atom. The first-order chi connectivity index (χ1) is 9.41. The first-order valence-corrected chi connectivity index (χ1v) is 6.09. The van der Waals surface area contributed by atoms with Crippen LogP contribution in [0.5, 0.6) is 0 Å². The molecule has 0 aliphatic rings. The van der Waals surface area contributed by atoms with Gasteiger partial charge < -0.3 is 9.64 Å². The van der Waals surface area contributed by atoms with Gasteiger partial charge in [-0.25, -0.2) is 8.78 Å². The molecule has 110 valence electrons. The number of ether oxygens (including phenoxy) is 1. The van der Waals surface area contributed by atoms with Gasteiger partial charge in [0.2, 0.25) is 5.78 Å². The molecule has 0 fully saturated rings. The maximum absolute atomic E-state index is 12.5. The highest BCUT2D eigenvalue weighted by molar-refractivity contribution is 6.00. The maximum atomic E-state index is 12.5. The minimum absolute atomic E-state index is 0.0415. The predicted octanol–water partition coefficient (Wildman–Crippen LogP) is 1.74. The topological polar surface area (TPSA) is 46.6 Å². The smallest absolute Gasteiger partial charge is 0.318 e. The second-order valence-electron chi connectivity index (χ2n) is 4.61. The zero-order valence-electron chi connectivity index (χ0n) is 11.4. The van der Waals surface area contributed by atoms with Gasteiger partial charge in [0, 0.05) is 6.54 Å². The number of halogens is 2. The predicted molar refractivity (Wildman–Crippen MR) is 69.3 cm³/mol. The van der Waals surface area contributed by atoms with Gasteiger partial charge in [0.15, 0.2) is 0 Å². The fourth-order valence-electron chi connectivity index (χ4n) is 1.63. The average Bonchev–Trinajstić information content (AvgIpc) is 2.42. The third-order valence-corrected chi connectivity index (χ3v) is 2.61. The summed E-state index contributed by atoms with van der Waals surface area (Å²) in [5.41, 5.74) is 0.731. The van der Waals surface area contributed by atoms with E-state index in [9.17, 15) is 18.4 Å². The molecule has 0 aliphatic carbocycles. The van der Waals surface area contributed by atoms with E-state index in [2.05, 4.69) is 0 Å². The number of ketones is 1. The van der Waals surface area contributed by atoms with Crippen molar-refractivity contribution in [3.8, 4) is 0 Å². The molecule has 0 aliphatic heterocycles. The van der Waals surface area contributed by atoms with Crippen LogP contribution in [0, 0.1) is 5.92 Å². The van der Waals surface area contributed by atoms with E-state index in [4.69, 9.17) is 4.74 Å². The van der Waals surface area contributed by atoms with Crippen molar-refractivity contribution in [1.29, 1.82) is 0 Å². The Hall–Kier alpha value is -1.82. The van der Waals surface area contributed by atoms with Crippen LogP contribution in [0.3, 0.4) is 0 Å². The van der Waals surface area contributed by atoms with Crippen LogP contribution >= 0.6 is 0 Å². The molecule has 1 aromatic carbocycles. The maximum Gasteiger partial charge on any atom is 0.318 e. The van der Waals surface area contributed by atoms with Gasteiger partial charge in [-0.15, -0.1) is 0 Å². The molecule has 1 rings (SSSR count). The van der Waals surface area contributed by atoms with E-state index in [-0.39, 0.29) is 13.2 Å². The highest BCUT2D eigenvalue weighted by Gasteiger charge is 2.34. The van der Waals surface area contributed by atoms with Crippen LogP contribution in [0.4, 0.5) is 8.78 Å². The van der Waals surface area contributed by atoms with Gasteiger partial charge in [-0.3, -0.25) is 9.59 Å². The van der Waals surface area contributed by atoms with E-state index in [1.807, 2.05) is 0 Å². The second-order valence-corrected chi connectivity index (χ2v) is 4.61. The van der Waals surface area contributed by atoms with Crippen LogP contribution in [0.1, 0.15) is 5.56 Å². The van der Waals surface area contributed by atoms with Gasteiger partial charge in [-0.05, 0) is 19.7 Å². The first kappa shape index (κ1) is 16.2. The van der Waals surface area contributed by atoms with Crippen molar-refractivity contribution < 1.29 is 23.1 Å². The lowest BCUT2D eigenvalue weighted by Gasteiger charge is -2.18. The van der Waals surface area contributed by atoms with Gasteiger partial charge >= 0.3 is 5.97 Å². The van der Waals surface area contributed by atoms with Crippen LogP contribution in [-0.2, 0) is 20.9 Å². The number of carbonyl (C=O) groups is 2. The fraction of sp³-hybridized carbons (Fsp3) is 0.429. The molecular weight excluding hydrogens is 268 g/mol. The van der Waals surface area contributed by atoms with Gasteiger partial charge in [0.05, 0.1) is 0 Å². The molecule has 4 nitrogen and oxygen atoms in total.